The zero-order valence-electron chi connectivity index (χ0n) is 14.4. The summed E-state index contributed by atoms with van der Waals surface area (Å²) in [5.41, 5.74) is 2.54. The summed E-state index contributed by atoms with van der Waals surface area (Å²) >= 11 is 5.90. The molecule has 0 aliphatic carbocycles. The second-order valence-electron chi connectivity index (χ2n) is 5.78. The molecular weight excluding hydrogens is 358 g/mol. The van der Waals surface area contributed by atoms with Crippen LogP contribution in [0.3, 0.4) is 0 Å². The van der Waals surface area contributed by atoms with Crippen LogP contribution in [0, 0.1) is 0 Å². The van der Waals surface area contributed by atoms with Crippen molar-refractivity contribution in [1.82, 2.24) is 0 Å². The zero-order chi connectivity index (χ0) is 18.7. The van der Waals surface area contributed by atoms with Gasteiger partial charge in [0, 0.05) is 12.3 Å². The number of esters is 1. The molecule has 1 unspecified atom stereocenters. The lowest BCUT2D eigenvalue weighted by molar-refractivity contribution is -0.123. The number of carbonyl (C=O) groups is 2. The van der Waals surface area contributed by atoms with E-state index in [2.05, 4.69) is 10.1 Å². The number of anilines is 1. The quantitative estimate of drug-likeness (QED) is 0.642. The third kappa shape index (κ3) is 3.60. The number of alkyl halides is 1. The molecule has 0 bridgehead atoms. The fourth-order valence-electron chi connectivity index (χ4n) is 2.80. The number of halogens is 1. The molecule has 0 saturated carbocycles. The fourth-order valence-corrected chi connectivity index (χ4v) is 2.97. The normalized spacial score (nSPS) is 15.5. The van der Waals surface area contributed by atoms with Crippen molar-refractivity contribution in [2.24, 2.45) is 0 Å². The highest BCUT2D eigenvalue weighted by atomic mass is 35.5. The maximum Gasteiger partial charge on any atom is 0.337 e. The third-order valence-electron chi connectivity index (χ3n) is 4.12. The molecule has 3 rings (SSSR count). The van der Waals surface area contributed by atoms with Crippen LogP contribution in [0.25, 0.3) is 0 Å². The first-order valence-electron chi connectivity index (χ1n) is 7.97. The lowest BCUT2D eigenvalue weighted by Gasteiger charge is -2.26. The van der Waals surface area contributed by atoms with Crippen molar-refractivity contribution in [3.8, 4) is 11.5 Å². The van der Waals surface area contributed by atoms with Crippen LogP contribution in [0.5, 0.6) is 11.5 Å². The van der Waals surface area contributed by atoms with Crippen molar-refractivity contribution in [3.63, 3.8) is 0 Å². The zero-order valence-corrected chi connectivity index (χ0v) is 15.1. The molecular formula is C19H18ClNO5. The molecule has 0 aromatic heterocycles. The molecule has 1 amide bonds. The molecule has 0 radical (unpaired) electrons. The van der Waals surface area contributed by atoms with Crippen LogP contribution in [-0.4, -0.2) is 32.2 Å². The van der Waals surface area contributed by atoms with Gasteiger partial charge in [-0.1, -0.05) is 12.1 Å². The Hall–Kier alpha value is -2.73. The van der Waals surface area contributed by atoms with Crippen LogP contribution in [0.15, 0.2) is 36.4 Å². The molecule has 0 spiro atoms. The topological polar surface area (TPSA) is 73.9 Å². The highest BCUT2D eigenvalue weighted by Gasteiger charge is 2.29. The van der Waals surface area contributed by atoms with Crippen LogP contribution in [0.2, 0.25) is 0 Å². The predicted molar refractivity (Wildman–Crippen MR) is 97.1 cm³/mol. The Morgan fingerprint density at radius 3 is 2.73 bits per heavy atom. The first kappa shape index (κ1) is 18.1. The Morgan fingerprint density at radius 1 is 1.23 bits per heavy atom. The van der Waals surface area contributed by atoms with E-state index in [0.29, 0.717) is 35.1 Å². The van der Waals surface area contributed by atoms with Crippen LogP contribution in [0.1, 0.15) is 21.5 Å². The highest BCUT2D eigenvalue weighted by Crippen LogP contribution is 2.32. The van der Waals surface area contributed by atoms with Gasteiger partial charge in [-0.25, -0.2) is 4.79 Å². The van der Waals surface area contributed by atoms with Crippen molar-refractivity contribution in [2.45, 2.75) is 18.4 Å². The Balaban J connectivity index is 1.84. The molecule has 1 N–H and O–H groups in total. The summed E-state index contributed by atoms with van der Waals surface area (Å²) in [7, 11) is 2.87. The van der Waals surface area contributed by atoms with Gasteiger partial charge in [-0.2, -0.15) is 0 Å². The van der Waals surface area contributed by atoms with E-state index in [4.69, 9.17) is 21.1 Å². The molecule has 1 atom stereocenters. The van der Waals surface area contributed by atoms with Gasteiger partial charge in [0.05, 0.1) is 25.5 Å². The predicted octanol–water partition coefficient (Wildman–Crippen LogP) is 3.16. The molecule has 7 heteroatoms. The monoisotopic (exact) mass is 375 g/mol. The Kier molecular flexibility index (Phi) is 5.32. The molecule has 136 valence electrons. The summed E-state index contributed by atoms with van der Waals surface area (Å²) < 4.78 is 15.9. The minimum Gasteiger partial charge on any atom is -0.496 e. The molecule has 2 aromatic carbocycles. The first-order chi connectivity index (χ1) is 12.5. The number of hydrogen-bond acceptors (Lipinski definition) is 5. The molecule has 0 fully saturated rings. The van der Waals surface area contributed by atoms with Gasteiger partial charge < -0.3 is 19.5 Å². The lowest BCUT2D eigenvalue weighted by Crippen LogP contribution is -2.38. The van der Waals surface area contributed by atoms with Gasteiger partial charge in [-0.3, -0.25) is 4.79 Å². The minimum atomic E-state index is -0.717. The van der Waals surface area contributed by atoms with Crippen LogP contribution < -0.4 is 14.8 Å². The Morgan fingerprint density at radius 2 is 2.04 bits per heavy atom. The van der Waals surface area contributed by atoms with E-state index < -0.39 is 12.1 Å². The molecule has 1 heterocycles. The number of benzene rings is 2. The van der Waals surface area contributed by atoms with Crippen molar-refractivity contribution in [3.05, 3.63) is 53.1 Å². The van der Waals surface area contributed by atoms with Gasteiger partial charge in [0.25, 0.3) is 5.91 Å². The molecule has 6 nitrogen and oxygen atoms in total. The van der Waals surface area contributed by atoms with E-state index in [1.807, 2.05) is 18.2 Å². The van der Waals surface area contributed by atoms with Gasteiger partial charge in [0.15, 0.2) is 6.10 Å². The van der Waals surface area contributed by atoms with E-state index in [9.17, 15) is 9.59 Å². The standard InChI is InChI=1S/C19H18ClNO5/c1-24-15-5-3-11(10-20)7-13(15)9-17-18(22)21-14-8-12(19(23)25-2)4-6-16(14)26-17/h3-8,17H,9-10H2,1-2H3,(H,21,22). The van der Waals surface area contributed by atoms with Gasteiger partial charge >= 0.3 is 5.97 Å². The third-order valence-corrected chi connectivity index (χ3v) is 4.43. The maximum absolute atomic E-state index is 12.4. The number of rotatable bonds is 5. The number of ether oxygens (including phenoxy) is 3. The summed E-state index contributed by atoms with van der Waals surface area (Å²) in [5, 5.41) is 2.78. The van der Waals surface area contributed by atoms with E-state index >= 15 is 0 Å². The minimum absolute atomic E-state index is 0.294. The average molecular weight is 376 g/mol. The second kappa shape index (κ2) is 7.66. The lowest BCUT2D eigenvalue weighted by atomic mass is 10.0. The summed E-state index contributed by atoms with van der Waals surface area (Å²) in [5.74, 6) is 0.759. The van der Waals surface area contributed by atoms with Crippen molar-refractivity contribution in [2.75, 3.05) is 19.5 Å². The highest BCUT2D eigenvalue weighted by molar-refractivity contribution is 6.17. The number of amides is 1. The molecule has 1 aliphatic rings. The molecule has 26 heavy (non-hydrogen) atoms. The van der Waals surface area contributed by atoms with E-state index in [0.717, 1.165) is 11.1 Å². The average Bonchev–Trinajstić information content (AvgIpc) is 2.67. The van der Waals surface area contributed by atoms with E-state index in [1.54, 1.807) is 19.2 Å². The number of hydrogen-bond donors (Lipinski definition) is 1. The number of fused-ring (bicyclic) bond motifs is 1. The summed E-state index contributed by atoms with van der Waals surface area (Å²) in [4.78, 5) is 24.1. The largest absolute Gasteiger partial charge is 0.496 e. The Bertz CT molecular complexity index is 852. The van der Waals surface area contributed by atoms with Gasteiger partial charge in [-0.15, -0.1) is 11.6 Å². The maximum atomic E-state index is 12.4. The van der Waals surface area contributed by atoms with Gasteiger partial charge in [0.2, 0.25) is 0 Å². The fraction of sp³-hybridized carbons (Fsp3) is 0.263. The SMILES string of the molecule is COC(=O)c1ccc2c(c1)NC(=O)C(Cc1cc(CCl)ccc1OC)O2. The van der Waals surface area contributed by atoms with E-state index in [-0.39, 0.29) is 5.91 Å². The van der Waals surface area contributed by atoms with Gasteiger partial charge in [-0.05, 0) is 35.4 Å². The van der Waals surface area contributed by atoms with Crippen LogP contribution in [0.4, 0.5) is 5.69 Å². The van der Waals surface area contributed by atoms with Crippen LogP contribution >= 0.6 is 11.6 Å². The van der Waals surface area contributed by atoms with Crippen molar-refractivity contribution >= 4 is 29.2 Å². The Labute approximate surface area is 156 Å². The smallest absolute Gasteiger partial charge is 0.337 e. The van der Waals surface area contributed by atoms with Crippen molar-refractivity contribution in [1.29, 1.82) is 0 Å². The van der Waals surface area contributed by atoms with Crippen LogP contribution in [-0.2, 0) is 21.8 Å². The second-order valence-corrected chi connectivity index (χ2v) is 6.05. The summed E-state index contributed by atoms with van der Waals surface area (Å²) in [6, 6.07) is 10.4. The molecule has 1 aliphatic heterocycles. The first-order valence-corrected chi connectivity index (χ1v) is 8.50. The molecule has 0 saturated heterocycles. The van der Waals surface area contributed by atoms with Crippen molar-refractivity contribution < 1.29 is 23.8 Å². The number of methoxy groups -OCH3 is 2. The summed E-state index contributed by atoms with van der Waals surface area (Å²) in [6.07, 6.45) is -0.385. The van der Waals surface area contributed by atoms with Gasteiger partial charge in [0.1, 0.15) is 11.5 Å². The number of carbonyl (C=O) groups excluding carboxylic acids is 2. The molecule has 2 aromatic rings. The summed E-state index contributed by atoms with van der Waals surface area (Å²) in [6.45, 7) is 0. The van der Waals surface area contributed by atoms with E-state index in [1.165, 1.54) is 13.2 Å². The number of nitrogens with one attached hydrogen (secondary N) is 1.